The smallest absolute Gasteiger partial charge is 0.303 e. The van der Waals surface area contributed by atoms with Crippen molar-refractivity contribution < 1.29 is 19.0 Å². The SMILES string of the molecule is O=C(O)CCCCCCCOCc1cccc(F)c1. The number of unbranched alkanes of at least 4 members (excludes halogenated alkanes) is 4. The summed E-state index contributed by atoms with van der Waals surface area (Å²) in [5, 5.41) is 8.47. The minimum atomic E-state index is -0.724. The third-order valence-electron chi connectivity index (χ3n) is 2.84. The van der Waals surface area contributed by atoms with E-state index in [4.69, 9.17) is 9.84 Å². The topological polar surface area (TPSA) is 46.5 Å². The molecular formula is C15H21FO3. The molecule has 4 heteroatoms. The molecule has 106 valence electrons. The quantitative estimate of drug-likeness (QED) is 0.657. The molecule has 0 aromatic heterocycles. The number of carboxylic acid groups (broad SMARTS) is 1. The van der Waals surface area contributed by atoms with E-state index in [0.717, 1.165) is 37.7 Å². The molecule has 1 aromatic rings. The van der Waals surface area contributed by atoms with E-state index in [2.05, 4.69) is 0 Å². The van der Waals surface area contributed by atoms with Crippen LogP contribution in [-0.4, -0.2) is 17.7 Å². The van der Waals surface area contributed by atoms with E-state index in [1.807, 2.05) is 6.07 Å². The summed E-state index contributed by atoms with van der Waals surface area (Å²) in [5.41, 5.74) is 0.849. The summed E-state index contributed by atoms with van der Waals surface area (Å²) in [4.78, 5) is 10.3. The highest BCUT2D eigenvalue weighted by atomic mass is 19.1. The van der Waals surface area contributed by atoms with Gasteiger partial charge in [0.1, 0.15) is 5.82 Å². The molecule has 0 unspecified atom stereocenters. The molecule has 0 saturated carbocycles. The maximum Gasteiger partial charge on any atom is 0.303 e. The van der Waals surface area contributed by atoms with E-state index in [0.29, 0.717) is 13.2 Å². The number of carbonyl (C=O) groups is 1. The molecule has 0 spiro atoms. The maximum atomic E-state index is 12.9. The van der Waals surface area contributed by atoms with Crippen molar-refractivity contribution in [1.29, 1.82) is 0 Å². The molecule has 0 aliphatic heterocycles. The van der Waals surface area contributed by atoms with Crippen LogP contribution in [0, 0.1) is 5.82 Å². The zero-order valence-corrected chi connectivity index (χ0v) is 11.1. The Morgan fingerprint density at radius 3 is 2.63 bits per heavy atom. The van der Waals surface area contributed by atoms with Crippen LogP contribution in [0.3, 0.4) is 0 Å². The van der Waals surface area contributed by atoms with Crippen LogP contribution in [0.15, 0.2) is 24.3 Å². The largest absolute Gasteiger partial charge is 0.481 e. The molecular weight excluding hydrogens is 247 g/mol. The van der Waals surface area contributed by atoms with Gasteiger partial charge in [0, 0.05) is 13.0 Å². The third-order valence-corrected chi connectivity index (χ3v) is 2.84. The lowest BCUT2D eigenvalue weighted by atomic mass is 10.1. The molecule has 0 saturated heterocycles. The Bertz CT molecular complexity index is 379. The Morgan fingerprint density at radius 2 is 1.89 bits per heavy atom. The second kappa shape index (κ2) is 9.50. The summed E-state index contributed by atoms with van der Waals surface area (Å²) in [6.07, 6.45) is 5.01. The van der Waals surface area contributed by atoms with Crippen LogP contribution in [-0.2, 0) is 16.1 Å². The molecule has 0 fully saturated rings. The monoisotopic (exact) mass is 268 g/mol. The number of hydrogen-bond donors (Lipinski definition) is 1. The first-order chi connectivity index (χ1) is 9.18. The van der Waals surface area contributed by atoms with E-state index in [1.165, 1.54) is 12.1 Å². The minimum absolute atomic E-state index is 0.237. The first-order valence-corrected chi connectivity index (χ1v) is 6.72. The van der Waals surface area contributed by atoms with Crippen LogP contribution in [0.5, 0.6) is 0 Å². The van der Waals surface area contributed by atoms with Crippen molar-refractivity contribution in [1.82, 2.24) is 0 Å². The molecule has 0 amide bonds. The molecule has 19 heavy (non-hydrogen) atoms. The van der Waals surface area contributed by atoms with Crippen LogP contribution >= 0.6 is 0 Å². The molecule has 1 N–H and O–H groups in total. The van der Waals surface area contributed by atoms with E-state index < -0.39 is 5.97 Å². The Morgan fingerprint density at radius 1 is 1.16 bits per heavy atom. The minimum Gasteiger partial charge on any atom is -0.481 e. The Hall–Kier alpha value is -1.42. The molecule has 0 aliphatic rings. The van der Waals surface area contributed by atoms with Crippen LogP contribution in [0.25, 0.3) is 0 Å². The summed E-state index contributed by atoms with van der Waals surface area (Å²) >= 11 is 0. The standard InChI is InChI=1S/C15H21FO3/c16-14-8-6-7-13(11-14)12-19-10-5-3-1-2-4-9-15(17)18/h6-8,11H,1-5,9-10,12H2,(H,17,18). The molecule has 0 heterocycles. The van der Waals surface area contributed by atoms with Crippen molar-refractivity contribution in [2.75, 3.05) is 6.61 Å². The summed E-state index contributed by atoms with van der Waals surface area (Å²) in [6.45, 7) is 1.10. The lowest BCUT2D eigenvalue weighted by Crippen LogP contribution is -1.96. The first kappa shape index (κ1) is 15.6. The molecule has 0 atom stereocenters. The highest BCUT2D eigenvalue weighted by Gasteiger charge is 1.98. The zero-order chi connectivity index (χ0) is 13.9. The fraction of sp³-hybridized carbons (Fsp3) is 0.533. The van der Waals surface area contributed by atoms with Gasteiger partial charge in [-0.1, -0.05) is 31.4 Å². The van der Waals surface area contributed by atoms with Gasteiger partial charge in [0.2, 0.25) is 0 Å². The molecule has 3 nitrogen and oxygen atoms in total. The van der Waals surface area contributed by atoms with Gasteiger partial charge in [-0.3, -0.25) is 4.79 Å². The van der Waals surface area contributed by atoms with Crippen molar-refractivity contribution in [3.63, 3.8) is 0 Å². The van der Waals surface area contributed by atoms with Gasteiger partial charge in [-0.2, -0.15) is 0 Å². The average Bonchev–Trinajstić information content (AvgIpc) is 2.36. The number of rotatable bonds is 10. The van der Waals surface area contributed by atoms with Gasteiger partial charge in [0.05, 0.1) is 6.61 Å². The van der Waals surface area contributed by atoms with Gasteiger partial charge in [-0.05, 0) is 30.5 Å². The van der Waals surface area contributed by atoms with Crippen molar-refractivity contribution in [2.45, 2.75) is 45.1 Å². The predicted molar refractivity (Wildman–Crippen MR) is 71.4 cm³/mol. The van der Waals surface area contributed by atoms with Gasteiger partial charge in [-0.25, -0.2) is 4.39 Å². The molecule has 1 rings (SSSR count). The van der Waals surface area contributed by atoms with Crippen molar-refractivity contribution >= 4 is 5.97 Å². The summed E-state index contributed by atoms with van der Waals surface area (Å²) < 4.78 is 18.3. The summed E-state index contributed by atoms with van der Waals surface area (Å²) in [6, 6.07) is 6.41. The fourth-order valence-electron chi connectivity index (χ4n) is 1.83. The number of hydrogen-bond acceptors (Lipinski definition) is 2. The van der Waals surface area contributed by atoms with Crippen LogP contribution in [0.1, 0.15) is 44.1 Å². The predicted octanol–water partition coefficient (Wildman–Crippen LogP) is 3.77. The number of benzene rings is 1. The van der Waals surface area contributed by atoms with Gasteiger partial charge in [0.15, 0.2) is 0 Å². The molecule has 1 aromatic carbocycles. The number of aliphatic carboxylic acids is 1. The van der Waals surface area contributed by atoms with Gasteiger partial charge in [0.25, 0.3) is 0 Å². The Kier molecular flexibility index (Phi) is 7.82. The number of carboxylic acids is 1. The molecule has 0 radical (unpaired) electrons. The van der Waals surface area contributed by atoms with E-state index in [1.54, 1.807) is 6.07 Å². The lowest BCUT2D eigenvalue weighted by molar-refractivity contribution is -0.137. The van der Waals surface area contributed by atoms with Crippen LogP contribution in [0.4, 0.5) is 4.39 Å². The van der Waals surface area contributed by atoms with E-state index in [9.17, 15) is 9.18 Å². The third kappa shape index (κ3) is 8.32. The number of halogens is 1. The second-order valence-electron chi connectivity index (χ2n) is 4.59. The van der Waals surface area contributed by atoms with Crippen molar-refractivity contribution in [2.24, 2.45) is 0 Å². The fourth-order valence-corrected chi connectivity index (χ4v) is 1.83. The Labute approximate surface area is 113 Å². The highest BCUT2D eigenvalue weighted by Crippen LogP contribution is 2.08. The van der Waals surface area contributed by atoms with Gasteiger partial charge < -0.3 is 9.84 Å². The molecule has 0 bridgehead atoms. The Balaban J connectivity index is 1.93. The average molecular weight is 268 g/mol. The van der Waals surface area contributed by atoms with Crippen LogP contribution < -0.4 is 0 Å². The lowest BCUT2D eigenvalue weighted by Gasteiger charge is -2.04. The summed E-state index contributed by atoms with van der Waals surface area (Å²) in [5.74, 6) is -0.960. The van der Waals surface area contributed by atoms with Gasteiger partial charge in [-0.15, -0.1) is 0 Å². The van der Waals surface area contributed by atoms with E-state index in [-0.39, 0.29) is 12.2 Å². The van der Waals surface area contributed by atoms with Crippen molar-refractivity contribution in [3.05, 3.63) is 35.6 Å². The molecule has 0 aliphatic carbocycles. The van der Waals surface area contributed by atoms with Crippen LogP contribution in [0.2, 0.25) is 0 Å². The second-order valence-corrected chi connectivity index (χ2v) is 4.59. The normalized spacial score (nSPS) is 10.6. The maximum absolute atomic E-state index is 12.9. The zero-order valence-electron chi connectivity index (χ0n) is 11.1. The first-order valence-electron chi connectivity index (χ1n) is 6.72. The highest BCUT2D eigenvalue weighted by molar-refractivity contribution is 5.66. The number of ether oxygens (including phenoxy) is 1. The van der Waals surface area contributed by atoms with Crippen molar-refractivity contribution in [3.8, 4) is 0 Å². The van der Waals surface area contributed by atoms with Gasteiger partial charge >= 0.3 is 5.97 Å². The van der Waals surface area contributed by atoms with E-state index >= 15 is 0 Å². The summed E-state index contributed by atoms with van der Waals surface area (Å²) in [7, 11) is 0.